The van der Waals surface area contributed by atoms with E-state index in [-0.39, 0.29) is 0 Å². The molecule has 0 saturated heterocycles. The predicted molar refractivity (Wildman–Crippen MR) is 92.5 cm³/mol. The summed E-state index contributed by atoms with van der Waals surface area (Å²) in [6, 6.07) is 4.14. The first-order valence-electron chi connectivity index (χ1n) is 8.45. The van der Waals surface area contributed by atoms with Crippen LogP contribution in [0.2, 0.25) is 0 Å². The van der Waals surface area contributed by atoms with Gasteiger partial charge in [0.1, 0.15) is 5.69 Å². The number of fused-ring (bicyclic) bond motifs is 1. The maximum Gasteiger partial charge on any atom is 0.224 e. The Balaban J connectivity index is 1.73. The lowest BCUT2D eigenvalue weighted by Gasteiger charge is -2.25. The van der Waals surface area contributed by atoms with Gasteiger partial charge in [0.05, 0.1) is 11.6 Å². The van der Waals surface area contributed by atoms with E-state index in [1.165, 1.54) is 0 Å². The highest BCUT2D eigenvalue weighted by Crippen LogP contribution is 2.30. The normalized spacial score (nSPS) is 21.2. The first-order chi connectivity index (χ1) is 11.7. The van der Waals surface area contributed by atoms with Gasteiger partial charge in [0, 0.05) is 25.8 Å². The van der Waals surface area contributed by atoms with Crippen LogP contribution in [0.1, 0.15) is 25.7 Å². The van der Waals surface area contributed by atoms with Crippen LogP contribution in [0.15, 0.2) is 29.0 Å². The summed E-state index contributed by atoms with van der Waals surface area (Å²) in [4.78, 5) is 8.95. The van der Waals surface area contributed by atoms with Crippen LogP contribution >= 0.6 is 0 Å². The maximum atomic E-state index is 6.02. The van der Waals surface area contributed by atoms with E-state index in [0.717, 1.165) is 54.7 Å². The molecule has 24 heavy (non-hydrogen) atoms. The van der Waals surface area contributed by atoms with Crippen molar-refractivity contribution in [3.63, 3.8) is 0 Å². The standard InChI is InChI=1S/C17H22N6O/c1-19-17-20-9-13-15(14-3-2-8-24-14)22-23(16(13)21-17)10-11-4-6-12(18)7-5-11/h2-3,8-9,11-12H,4-7,10,18H2,1H3,(H,19,20,21). The maximum absolute atomic E-state index is 6.02. The third-order valence-electron chi connectivity index (χ3n) is 4.79. The molecule has 3 heterocycles. The second-order valence-electron chi connectivity index (χ2n) is 6.47. The van der Waals surface area contributed by atoms with Crippen LogP contribution in [0, 0.1) is 5.92 Å². The summed E-state index contributed by atoms with van der Waals surface area (Å²) in [5.41, 5.74) is 7.66. The van der Waals surface area contributed by atoms with Gasteiger partial charge in [-0.1, -0.05) is 0 Å². The van der Waals surface area contributed by atoms with E-state index in [0.29, 0.717) is 17.9 Å². The van der Waals surface area contributed by atoms with Gasteiger partial charge in [-0.25, -0.2) is 9.67 Å². The first-order valence-corrected chi connectivity index (χ1v) is 8.45. The molecule has 0 spiro atoms. The average Bonchev–Trinajstić information content (AvgIpc) is 3.25. The van der Waals surface area contributed by atoms with Crippen molar-refractivity contribution < 1.29 is 4.42 Å². The summed E-state index contributed by atoms with van der Waals surface area (Å²) in [6.45, 7) is 0.851. The molecule has 0 atom stereocenters. The van der Waals surface area contributed by atoms with Gasteiger partial charge in [-0.3, -0.25) is 0 Å². The van der Waals surface area contributed by atoms with Gasteiger partial charge in [0.15, 0.2) is 11.4 Å². The number of hydrogen-bond donors (Lipinski definition) is 2. The van der Waals surface area contributed by atoms with Crippen molar-refractivity contribution in [2.24, 2.45) is 11.7 Å². The molecule has 7 nitrogen and oxygen atoms in total. The number of nitrogens with zero attached hydrogens (tertiary/aromatic N) is 4. The summed E-state index contributed by atoms with van der Waals surface area (Å²) < 4.78 is 7.54. The molecule has 0 unspecified atom stereocenters. The molecule has 3 aromatic rings. The van der Waals surface area contributed by atoms with Gasteiger partial charge in [-0.05, 0) is 43.7 Å². The monoisotopic (exact) mass is 326 g/mol. The number of anilines is 1. The molecule has 3 N–H and O–H groups in total. The smallest absolute Gasteiger partial charge is 0.224 e. The van der Waals surface area contributed by atoms with Crippen LogP contribution < -0.4 is 11.1 Å². The molecule has 126 valence electrons. The second kappa shape index (κ2) is 6.24. The summed E-state index contributed by atoms with van der Waals surface area (Å²) in [7, 11) is 1.82. The summed E-state index contributed by atoms with van der Waals surface area (Å²) in [5.74, 6) is 1.93. The fourth-order valence-corrected chi connectivity index (χ4v) is 3.42. The van der Waals surface area contributed by atoms with E-state index in [1.807, 2.05) is 30.1 Å². The van der Waals surface area contributed by atoms with Gasteiger partial charge < -0.3 is 15.5 Å². The van der Waals surface area contributed by atoms with Crippen molar-refractivity contribution in [3.05, 3.63) is 24.6 Å². The molecule has 0 radical (unpaired) electrons. The molecule has 1 aliphatic carbocycles. The van der Waals surface area contributed by atoms with E-state index in [9.17, 15) is 0 Å². The number of nitrogens with two attached hydrogens (primary N) is 1. The minimum Gasteiger partial charge on any atom is -0.463 e. The third-order valence-corrected chi connectivity index (χ3v) is 4.79. The third kappa shape index (κ3) is 2.75. The Morgan fingerprint density at radius 1 is 1.33 bits per heavy atom. The highest BCUT2D eigenvalue weighted by Gasteiger charge is 2.22. The Labute approximate surface area is 140 Å². The molecule has 0 amide bonds. The molecule has 1 saturated carbocycles. The highest BCUT2D eigenvalue weighted by molar-refractivity contribution is 5.89. The van der Waals surface area contributed by atoms with Crippen molar-refractivity contribution in [3.8, 4) is 11.5 Å². The lowest BCUT2D eigenvalue weighted by Crippen LogP contribution is -2.28. The van der Waals surface area contributed by atoms with Crippen molar-refractivity contribution in [2.45, 2.75) is 38.3 Å². The molecule has 0 bridgehead atoms. The molecular weight excluding hydrogens is 304 g/mol. The lowest BCUT2D eigenvalue weighted by molar-refractivity contribution is 0.288. The fraction of sp³-hybridized carbons (Fsp3) is 0.471. The van der Waals surface area contributed by atoms with Crippen molar-refractivity contribution in [1.29, 1.82) is 0 Å². The lowest BCUT2D eigenvalue weighted by atomic mass is 9.86. The van der Waals surface area contributed by atoms with Crippen molar-refractivity contribution >= 4 is 17.0 Å². The Kier molecular flexibility index (Phi) is 3.93. The zero-order chi connectivity index (χ0) is 16.5. The van der Waals surface area contributed by atoms with Crippen LogP contribution in [0.5, 0.6) is 0 Å². The predicted octanol–water partition coefficient (Wildman–Crippen LogP) is 2.65. The molecule has 4 rings (SSSR count). The molecule has 0 aromatic carbocycles. The Morgan fingerprint density at radius 2 is 2.17 bits per heavy atom. The summed E-state index contributed by atoms with van der Waals surface area (Å²) in [6.07, 6.45) is 7.93. The fourth-order valence-electron chi connectivity index (χ4n) is 3.42. The van der Waals surface area contributed by atoms with E-state index >= 15 is 0 Å². The van der Waals surface area contributed by atoms with Crippen molar-refractivity contribution in [2.75, 3.05) is 12.4 Å². The topological polar surface area (TPSA) is 94.8 Å². The quantitative estimate of drug-likeness (QED) is 0.765. The van der Waals surface area contributed by atoms with Gasteiger partial charge in [-0.15, -0.1) is 0 Å². The minimum absolute atomic E-state index is 0.354. The number of hydrogen-bond acceptors (Lipinski definition) is 6. The van der Waals surface area contributed by atoms with Gasteiger partial charge in [0.25, 0.3) is 0 Å². The van der Waals surface area contributed by atoms with Crippen LogP contribution in [-0.4, -0.2) is 32.8 Å². The highest BCUT2D eigenvalue weighted by atomic mass is 16.3. The van der Waals surface area contributed by atoms with Crippen LogP contribution in [0.4, 0.5) is 5.95 Å². The largest absolute Gasteiger partial charge is 0.463 e. The van der Waals surface area contributed by atoms with Gasteiger partial charge >= 0.3 is 0 Å². The minimum atomic E-state index is 0.354. The number of furan rings is 1. The van der Waals surface area contributed by atoms with E-state index in [2.05, 4.69) is 15.3 Å². The Hall–Kier alpha value is -2.41. The molecular formula is C17H22N6O. The zero-order valence-electron chi connectivity index (χ0n) is 13.8. The summed E-state index contributed by atoms with van der Waals surface area (Å²) in [5, 5.41) is 8.69. The van der Waals surface area contributed by atoms with E-state index in [4.69, 9.17) is 15.2 Å². The van der Waals surface area contributed by atoms with E-state index < -0.39 is 0 Å². The zero-order valence-corrected chi connectivity index (χ0v) is 13.8. The van der Waals surface area contributed by atoms with Gasteiger partial charge in [0.2, 0.25) is 5.95 Å². The average molecular weight is 326 g/mol. The Morgan fingerprint density at radius 3 is 2.88 bits per heavy atom. The second-order valence-corrected chi connectivity index (χ2v) is 6.47. The number of aromatic nitrogens is 4. The Bertz CT molecular complexity index is 817. The molecule has 3 aromatic heterocycles. The SMILES string of the molecule is CNc1ncc2c(-c3ccco3)nn(CC3CCC(N)CC3)c2n1. The summed E-state index contributed by atoms with van der Waals surface area (Å²) >= 11 is 0. The number of rotatable bonds is 4. The first kappa shape index (κ1) is 15.1. The van der Waals surface area contributed by atoms with E-state index in [1.54, 1.807) is 6.26 Å². The molecule has 1 fully saturated rings. The van der Waals surface area contributed by atoms with Gasteiger partial charge in [-0.2, -0.15) is 10.1 Å². The molecule has 0 aliphatic heterocycles. The molecule has 7 heteroatoms. The molecule has 1 aliphatic rings. The van der Waals surface area contributed by atoms with Crippen molar-refractivity contribution in [1.82, 2.24) is 19.7 Å². The van der Waals surface area contributed by atoms with Crippen LogP contribution in [-0.2, 0) is 6.54 Å². The number of nitrogens with one attached hydrogen (secondary N) is 1. The van der Waals surface area contributed by atoms with Crippen LogP contribution in [0.25, 0.3) is 22.5 Å². The van der Waals surface area contributed by atoms with Crippen LogP contribution in [0.3, 0.4) is 0 Å².